The molecule has 0 saturated heterocycles. The van der Waals surface area contributed by atoms with Crippen LogP contribution in [0.15, 0.2) is 0 Å². The fourth-order valence-corrected chi connectivity index (χ4v) is 2.96. The molecule has 0 spiro atoms. The molecule has 1 atom stereocenters. The Morgan fingerprint density at radius 1 is 1.40 bits per heavy atom. The molecular formula is C12H19ClN4O2S. The number of fused-ring (bicyclic) bond motifs is 1. The van der Waals surface area contributed by atoms with Gasteiger partial charge in [-0.15, -0.1) is 11.6 Å². The van der Waals surface area contributed by atoms with Crippen molar-refractivity contribution in [2.24, 2.45) is 7.05 Å². The van der Waals surface area contributed by atoms with E-state index in [9.17, 15) is 8.42 Å². The van der Waals surface area contributed by atoms with Crippen LogP contribution in [0.1, 0.15) is 30.7 Å². The fourth-order valence-electron chi connectivity index (χ4n) is 2.28. The zero-order chi connectivity index (χ0) is 15.1. The van der Waals surface area contributed by atoms with Gasteiger partial charge in [0.2, 0.25) is 0 Å². The van der Waals surface area contributed by atoms with Crippen molar-refractivity contribution in [2.75, 3.05) is 12.0 Å². The SMILES string of the molecule is CCc1nn(C)c2c1nc(C(C)Cl)n2CCS(C)(=O)=O. The summed E-state index contributed by atoms with van der Waals surface area (Å²) in [5.41, 5.74) is 2.54. The third kappa shape index (κ3) is 2.83. The van der Waals surface area contributed by atoms with E-state index in [2.05, 4.69) is 10.1 Å². The Morgan fingerprint density at radius 3 is 2.55 bits per heavy atom. The number of rotatable bonds is 5. The van der Waals surface area contributed by atoms with Crippen molar-refractivity contribution in [2.45, 2.75) is 32.2 Å². The van der Waals surface area contributed by atoms with E-state index in [0.29, 0.717) is 12.4 Å². The van der Waals surface area contributed by atoms with Gasteiger partial charge >= 0.3 is 0 Å². The van der Waals surface area contributed by atoms with Crippen LogP contribution >= 0.6 is 11.6 Å². The first-order valence-electron chi connectivity index (χ1n) is 6.48. The molecule has 2 aromatic rings. The van der Waals surface area contributed by atoms with E-state index < -0.39 is 9.84 Å². The molecule has 0 aliphatic rings. The van der Waals surface area contributed by atoms with Gasteiger partial charge in [-0.05, 0) is 13.3 Å². The summed E-state index contributed by atoms with van der Waals surface area (Å²) in [6.07, 6.45) is 2.00. The standard InChI is InChI=1S/C12H19ClN4O2S/c1-5-9-10-12(16(3)15-9)17(6-7-20(4,18)19)11(14-10)8(2)13/h8H,5-7H2,1-4H3. The highest BCUT2D eigenvalue weighted by Crippen LogP contribution is 2.26. The molecule has 0 fully saturated rings. The number of sulfone groups is 1. The molecule has 0 radical (unpaired) electrons. The van der Waals surface area contributed by atoms with E-state index in [1.54, 1.807) is 4.68 Å². The van der Waals surface area contributed by atoms with Crippen LogP contribution in [0.25, 0.3) is 11.2 Å². The first-order chi connectivity index (χ1) is 9.24. The molecular weight excluding hydrogens is 300 g/mol. The van der Waals surface area contributed by atoms with Gasteiger partial charge in [0.25, 0.3) is 0 Å². The summed E-state index contributed by atoms with van der Waals surface area (Å²) in [5.74, 6) is 0.745. The monoisotopic (exact) mass is 318 g/mol. The topological polar surface area (TPSA) is 69.8 Å². The molecule has 1 unspecified atom stereocenters. The Labute approximate surface area is 123 Å². The van der Waals surface area contributed by atoms with E-state index in [-0.39, 0.29) is 11.1 Å². The maximum Gasteiger partial charge on any atom is 0.158 e. The minimum absolute atomic E-state index is 0.0572. The number of aromatic nitrogens is 4. The van der Waals surface area contributed by atoms with Crippen molar-refractivity contribution in [3.63, 3.8) is 0 Å². The van der Waals surface area contributed by atoms with Gasteiger partial charge < -0.3 is 4.57 Å². The van der Waals surface area contributed by atoms with Gasteiger partial charge in [0.05, 0.1) is 16.8 Å². The summed E-state index contributed by atoms with van der Waals surface area (Å²) in [7, 11) is -1.21. The molecule has 2 aromatic heterocycles. The maximum atomic E-state index is 11.4. The van der Waals surface area contributed by atoms with Gasteiger partial charge in [-0.1, -0.05) is 6.92 Å². The smallest absolute Gasteiger partial charge is 0.158 e. The van der Waals surface area contributed by atoms with Crippen LogP contribution in [0, 0.1) is 0 Å². The highest BCUT2D eigenvalue weighted by Gasteiger charge is 2.21. The van der Waals surface area contributed by atoms with Gasteiger partial charge in [0, 0.05) is 19.8 Å². The lowest BCUT2D eigenvalue weighted by atomic mass is 10.3. The third-order valence-electron chi connectivity index (χ3n) is 3.20. The number of hydrogen-bond acceptors (Lipinski definition) is 4. The molecule has 0 bridgehead atoms. The van der Waals surface area contributed by atoms with Gasteiger partial charge in [0.1, 0.15) is 21.2 Å². The normalized spacial score (nSPS) is 14.1. The van der Waals surface area contributed by atoms with E-state index in [4.69, 9.17) is 11.6 Å². The fraction of sp³-hybridized carbons (Fsp3) is 0.667. The number of nitrogens with zero attached hydrogens (tertiary/aromatic N) is 4. The first kappa shape index (κ1) is 15.3. The lowest BCUT2D eigenvalue weighted by Gasteiger charge is -2.10. The molecule has 0 amide bonds. The molecule has 6 nitrogen and oxygen atoms in total. The Hall–Kier alpha value is -1.08. The maximum absolute atomic E-state index is 11.4. The van der Waals surface area contributed by atoms with Crippen LogP contribution in [-0.2, 0) is 29.9 Å². The van der Waals surface area contributed by atoms with Crippen LogP contribution < -0.4 is 0 Å². The van der Waals surface area contributed by atoms with E-state index >= 15 is 0 Å². The van der Waals surface area contributed by atoms with Crippen molar-refractivity contribution < 1.29 is 8.42 Å². The minimum Gasteiger partial charge on any atom is -0.311 e. The van der Waals surface area contributed by atoms with E-state index in [1.165, 1.54) is 6.26 Å². The summed E-state index contributed by atoms with van der Waals surface area (Å²) >= 11 is 6.17. The van der Waals surface area contributed by atoms with Crippen molar-refractivity contribution in [1.29, 1.82) is 0 Å². The molecule has 8 heteroatoms. The van der Waals surface area contributed by atoms with Gasteiger partial charge in [-0.25, -0.2) is 13.4 Å². The van der Waals surface area contributed by atoms with Crippen molar-refractivity contribution in [3.05, 3.63) is 11.5 Å². The molecule has 2 heterocycles. The summed E-state index contributed by atoms with van der Waals surface area (Å²) < 4.78 is 26.4. The largest absolute Gasteiger partial charge is 0.311 e. The zero-order valence-corrected chi connectivity index (χ0v) is 13.7. The zero-order valence-electron chi connectivity index (χ0n) is 12.1. The van der Waals surface area contributed by atoms with E-state index in [0.717, 1.165) is 23.3 Å². The first-order valence-corrected chi connectivity index (χ1v) is 8.98. The highest BCUT2D eigenvalue weighted by atomic mass is 35.5. The summed E-state index contributed by atoms with van der Waals surface area (Å²) in [5, 5.41) is 4.13. The van der Waals surface area contributed by atoms with Gasteiger partial charge in [-0.3, -0.25) is 4.68 Å². The minimum atomic E-state index is -3.04. The number of aryl methyl sites for hydroxylation is 3. The predicted octanol–water partition coefficient (Wildman–Crippen LogP) is 1.68. The second-order valence-electron chi connectivity index (χ2n) is 4.96. The lowest BCUT2D eigenvalue weighted by Crippen LogP contribution is -2.15. The summed E-state index contributed by atoms with van der Waals surface area (Å²) in [6.45, 7) is 4.18. The predicted molar refractivity (Wildman–Crippen MR) is 79.9 cm³/mol. The van der Waals surface area contributed by atoms with Gasteiger partial charge in [-0.2, -0.15) is 5.10 Å². The average molecular weight is 319 g/mol. The Balaban J connectivity index is 2.59. The highest BCUT2D eigenvalue weighted by molar-refractivity contribution is 7.90. The van der Waals surface area contributed by atoms with Crippen LogP contribution in [0.5, 0.6) is 0 Å². The summed E-state index contributed by atoms with van der Waals surface area (Å²) in [6, 6.07) is 0. The molecule has 0 aliphatic heterocycles. The number of hydrogen-bond donors (Lipinski definition) is 0. The van der Waals surface area contributed by atoms with Crippen molar-refractivity contribution >= 4 is 32.6 Å². The number of halogens is 1. The second-order valence-corrected chi connectivity index (χ2v) is 7.88. The lowest BCUT2D eigenvalue weighted by molar-refractivity contribution is 0.591. The molecule has 0 saturated carbocycles. The van der Waals surface area contributed by atoms with Crippen LogP contribution in [0.2, 0.25) is 0 Å². The Morgan fingerprint density at radius 2 is 2.05 bits per heavy atom. The molecule has 2 rings (SSSR count). The molecule has 0 aromatic carbocycles. The van der Waals surface area contributed by atoms with Crippen molar-refractivity contribution in [3.8, 4) is 0 Å². The van der Waals surface area contributed by atoms with E-state index in [1.807, 2.05) is 25.5 Å². The van der Waals surface area contributed by atoms with Crippen LogP contribution in [0.4, 0.5) is 0 Å². The quantitative estimate of drug-likeness (QED) is 0.786. The third-order valence-corrected chi connectivity index (χ3v) is 4.32. The van der Waals surface area contributed by atoms with Crippen LogP contribution in [0.3, 0.4) is 0 Å². The number of imidazole rings is 1. The molecule has 0 N–H and O–H groups in total. The molecule has 20 heavy (non-hydrogen) atoms. The molecule has 0 aliphatic carbocycles. The van der Waals surface area contributed by atoms with Crippen LogP contribution in [-0.4, -0.2) is 39.8 Å². The van der Waals surface area contributed by atoms with Gasteiger partial charge in [0.15, 0.2) is 5.65 Å². The molecule has 112 valence electrons. The Bertz CT molecular complexity index is 730. The average Bonchev–Trinajstić information content (AvgIpc) is 2.84. The number of alkyl halides is 1. The summed E-state index contributed by atoms with van der Waals surface area (Å²) in [4.78, 5) is 4.56. The second kappa shape index (κ2) is 5.37. The van der Waals surface area contributed by atoms with Crippen molar-refractivity contribution in [1.82, 2.24) is 19.3 Å². The Kier molecular flexibility index (Phi) is 4.11.